The SMILES string of the molecule is CN(C)Cc1nc(SCC(=O)O)n[nH]1. The summed E-state index contributed by atoms with van der Waals surface area (Å²) in [6.07, 6.45) is 0. The summed E-state index contributed by atoms with van der Waals surface area (Å²) < 4.78 is 0. The summed E-state index contributed by atoms with van der Waals surface area (Å²) in [5.74, 6) is -0.143. The molecule has 0 spiro atoms. The number of aliphatic carboxylic acids is 1. The van der Waals surface area contributed by atoms with Crippen LogP contribution in [0.4, 0.5) is 0 Å². The van der Waals surface area contributed by atoms with Crippen molar-refractivity contribution in [3.8, 4) is 0 Å². The molecular weight excluding hydrogens is 204 g/mol. The molecule has 2 N–H and O–H groups in total. The molecule has 0 aromatic carbocycles. The molecule has 0 atom stereocenters. The standard InChI is InChI=1S/C7H12N4O2S/c1-11(2)3-5-8-7(10-9-5)14-4-6(12)13/h3-4H2,1-2H3,(H,12,13)(H,8,9,10). The second kappa shape index (κ2) is 4.97. The maximum absolute atomic E-state index is 10.3. The number of aromatic nitrogens is 3. The van der Waals surface area contributed by atoms with Crippen LogP contribution in [0.1, 0.15) is 5.82 Å². The third-order valence-corrected chi connectivity index (χ3v) is 2.13. The second-order valence-electron chi connectivity index (χ2n) is 2.98. The Morgan fingerprint density at radius 3 is 2.93 bits per heavy atom. The van der Waals surface area contributed by atoms with Gasteiger partial charge in [-0.3, -0.25) is 9.89 Å². The van der Waals surface area contributed by atoms with Crippen LogP contribution in [0.15, 0.2) is 5.16 Å². The largest absolute Gasteiger partial charge is 0.481 e. The minimum Gasteiger partial charge on any atom is -0.481 e. The Bertz CT molecular complexity index is 312. The number of carboxylic acid groups (broad SMARTS) is 1. The van der Waals surface area contributed by atoms with Gasteiger partial charge < -0.3 is 10.0 Å². The molecule has 0 saturated heterocycles. The van der Waals surface area contributed by atoms with E-state index < -0.39 is 5.97 Å². The molecule has 0 aliphatic rings. The van der Waals surface area contributed by atoms with Crippen molar-refractivity contribution in [1.29, 1.82) is 0 Å². The quantitative estimate of drug-likeness (QED) is 0.676. The van der Waals surface area contributed by atoms with Crippen molar-refractivity contribution in [2.24, 2.45) is 0 Å². The number of aromatic amines is 1. The first-order valence-electron chi connectivity index (χ1n) is 3.98. The van der Waals surface area contributed by atoms with E-state index in [4.69, 9.17) is 5.11 Å². The lowest BCUT2D eigenvalue weighted by atomic mass is 10.6. The Hall–Kier alpha value is -1.08. The average molecular weight is 216 g/mol. The fourth-order valence-electron chi connectivity index (χ4n) is 0.839. The van der Waals surface area contributed by atoms with Gasteiger partial charge in [0, 0.05) is 0 Å². The number of carbonyl (C=O) groups is 1. The van der Waals surface area contributed by atoms with Crippen LogP contribution in [0.2, 0.25) is 0 Å². The van der Waals surface area contributed by atoms with Gasteiger partial charge >= 0.3 is 5.97 Å². The highest BCUT2D eigenvalue weighted by molar-refractivity contribution is 7.99. The molecule has 1 heterocycles. The fraction of sp³-hybridized carbons (Fsp3) is 0.571. The summed E-state index contributed by atoms with van der Waals surface area (Å²) in [6.45, 7) is 0.667. The van der Waals surface area contributed by atoms with E-state index in [-0.39, 0.29) is 5.75 Å². The summed E-state index contributed by atoms with van der Waals surface area (Å²) in [6, 6.07) is 0. The highest BCUT2D eigenvalue weighted by Gasteiger charge is 2.06. The maximum atomic E-state index is 10.3. The summed E-state index contributed by atoms with van der Waals surface area (Å²) >= 11 is 1.10. The molecule has 6 nitrogen and oxygen atoms in total. The summed E-state index contributed by atoms with van der Waals surface area (Å²) in [7, 11) is 3.85. The van der Waals surface area contributed by atoms with Crippen molar-refractivity contribution in [1.82, 2.24) is 20.1 Å². The normalized spacial score (nSPS) is 10.8. The molecule has 0 bridgehead atoms. The number of hydrogen-bond donors (Lipinski definition) is 2. The minimum atomic E-state index is -0.867. The Morgan fingerprint density at radius 2 is 2.36 bits per heavy atom. The van der Waals surface area contributed by atoms with Crippen molar-refractivity contribution in [2.75, 3.05) is 19.8 Å². The highest BCUT2D eigenvalue weighted by atomic mass is 32.2. The van der Waals surface area contributed by atoms with Gasteiger partial charge in [0.2, 0.25) is 5.16 Å². The Kier molecular flexibility index (Phi) is 3.90. The van der Waals surface area contributed by atoms with Crippen LogP contribution >= 0.6 is 11.8 Å². The lowest BCUT2D eigenvalue weighted by molar-refractivity contribution is -0.133. The van der Waals surface area contributed by atoms with Crippen molar-refractivity contribution in [3.05, 3.63) is 5.82 Å². The van der Waals surface area contributed by atoms with Crippen LogP contribution in [0.25, 0.3) is 0 Å². The Morgan fingerprint density at radius 1 is 1.64 bits per heavy atom. The van der Waals surface area contributed by atoms with E-state index in [2.05, 4.69) is 15.2 Å². The highest BCUT2D eigenvalue weighted by Crippen LogP contribution is 2.11. The number of hydrogen-bond acceptors (Lipinski definition) is 5. The Labute approximate surface area is 85.7 Å². The molecule has 1 aromatic rings. The third-order valence-electron chi connectivity index (χ3n) is 1.30. The molecule has 0 aliphatic heterocycles. The van der Waals surface area contributed by atoms with E-state index in [9.17, 15) is 4.79 Å². The summed E-state index contributed by atoms with van der Waals surface area (Å²) in [5.41, 5.74) is 0. The first kappa shape index (κ1) is 11.0. The zero-order valence-electron chi connectivity index (χ0n) is 8.02. The zero-order valence-corrected chi connectivity index (χ0v) is 8.84. The molecule has 7 heteroatoms. The Balaban J connectivity index is 2.46. The molecule has 14 heavy (non-hydrogen) atoms. The third kappa shape index (κ3) is 3.75. The molecule has 0 unspecified atom stereocenters. The van der Waals surface area contributed by atoms with E-state index in [1.807, 2.05) is 19.0 Å². The molecule has 0 aliphatic carbocycles. The van der Waals surface area contributed by atoms with Gasteiger partial charge in [-0.05, 0) is 14.1 Å². The first-order valence-corrected chi connectivity index (χ1v) is 4.97. The molecule has 1 aromatic heterocycles. The molecule has 0 fully saturated rings. The first-order chi connectivity index (χ1) is 6.58. The van der Waals surface area contributed by atoms with E-state index in [1.165, 1.54) is 0 Å². The van der Waals surface area contributed by atoms with Gasteiger partial charge in [0.05, 0.1) is 12.3 Å². The second-order valence-corrected chi connectivity index (χ2v) is 3.93. The van der Waals surface area contributed by atoms with Crippen LogP contribution in [0.3, 0.4) is 0 Å². The van der Waals surface area contributed by atoms with Crippen LogP contribution in [0.5, 0.6) is 0 Å². The zero-order chi connectivity index (χ0) is 10.6. The minimum absolute atomic E-state index is 0.0146. The van der Waals surface area contributed by atoms with Crippen molar-refractivity contribution < 1.29 is 9.90 Å². The molecule has 0 radical (unpaired) electrons. The van der Waals surface area contributed by atoms with Crippen molar-refractivity contribution in [3.63, 3.8) is 0 Å². The lowest BCUT2D eigenvalue weighted by Crippen LogP contribution is -2.11. The maximum Gasteiger partial charge on any atom is 0.313 e. The smallest absolute Gasteiger partial charge is 0.313 e. The van der Waals surface area contributed by atoms with Gasteiger partial charge in [-0.2, -0.15) is 0 Å². The van der Waals surface area contributed by atoms with Gasteiger partial charge in [-0.25, -0.2) is 4.98 Å². The average Bonchev–Trinajstić information content (AvgIpc) is 2.47. The monoisotopic (exact) mass is 216 g/mol. The molecule has 0 amide bonds. The van der Waals surface area contributed by atoms with Gasteiger partial charge in [0.25, 0.3) is 0 Å². The van der Waals surface area contributed by atoms with Crippen LogP contribution in [-0.2, 0) is 11.3 Å². The van der Waals surface area contributed by atoms with Crippen molar-refractivity contribution >= 4 is 17.7 Å². The summed E-state index contributed by atoms with van der Waals surface area (Å²) in [5, 5.41) is 15.5. The van der Waals surface area contributed by atoms with Crippen LogP contribution < -0.4 is 0 Å². The fourth-order valence-corrected chi connectivity index (χ4v) is 1.38. The number of thioether (sulfide) groups is 1. The molecular formula is C7H12N4O2S. The van der Waals surface area contributed by atoms with Gasteiger partial charge in [0.1, 0.15) is 5.82 Å². The van der Waals surface area contributed by atoms with E-state index >= 15 is 0 Å². The van der Waals surface area contributed by atoms with Gasteiger partial charge in [0.15, 0.2) is 0 Å². The van der Waals surface area contributed by atoms with E-state index in [0.29, 0.717) is 11.7 Å². The van der Waals surface area contributed by atoms with E-state index in [1.54, 1.807) is 0 Å². The van der Waals surface area contributed by atoms with Crippen LogP contribution in [0, 0.1) is 0 Å². The lowest BCUT2D eigenvalue weighted by Gasteiger charge is -2.04. The number of nitrogens with zero attached hydrogens (tertiary/aromatic N) is 3. The van der Waals surface area contributed by atoms with Gasteiger partial charge in [-0.15, -0.1) is 5.10 Å². The number of rotatable bonds is 5. The topological polar surface area (TPSA) is 82.1 Å². The van der Waals surface area contributed by atoms with Crippen molar-refractivity contribution in [2.45, 2.75) is 11.7 Å². The summed E-state index contributed by atoms with van der Waals surface area (Å²) in [4.78, 5) is 16.3. The molecule has 0 saturated carbocycles. The predicted octanol–water partition coefficient (Wildman–Crippen LogP) is 0.0430. The predicted molar refractivity (Wildman–Crippen MR) is 52.1 cm³/mol. The molecule has 1 rings (SSSR count). The van der Waals surface area contributed by atoms with E-state index in [0.717, 1.165) is 17.6 Å². The van der Waals surface area contributed by atoms with Crippen LogP contribution in [-0.4, -0.2) is 51.0 Å². The number of H-pyrrole nitrogens is 1. The molecule has 78 valence electrons. The number of carboxylic acids is 1. The van der Waals surface area contributed by atoms with Gasteiger partial charge in [-0.1, -0.05) is 11.8 Å². The number of nitrogens with one attached hydrogen (secondary N) is 1.